The number of aryl methyl sites for hydroxylation is 1. The van der Waals surface area contributed by atoms with E-state index in [0.717, 1.165) is 22.7 Å². The largest absolute Gasteiger partial charge is 0.467 e. The van der Waals surface area contributed by atoms with Crippen LogP contribution in [0.2, 0.25) is 0 Å². The van der Waals surface area contributed by atoms with Crippen molar-refractivity contribution in [2.24, 2.45) is 0 Å². The molecule has 146 valence electrons. The van der Waals surface area contributed by atoms with Crippen LogP contribution in [0.1, 0.15) is 36.1 Å². The Labute approximate surface area is 159 Å². The van der Waals surface area contributed by atoms with Crippen LogP contribution in [0.5, 0.6) is 0 Å². The molecule has 0 saturated carbocycles. The van der Waals surface area contributed by atoms with Gasteiger partial charge in [-0.3, -0.25) is 0 Å². The topological polar surface area (TPSA) is 97.6 Å². The average Bonchev–Trinajstić information content (AvgIpc) is 3.32. The van der Waals surface area contributed by atoms with Gasteiger partial charge in [0.1, 0.15) is 5.76 Å². The van der Waals surface area contributed by atoms with Gasteiger partial charge in [0.15, 0.2) is 0 Å². The molecular formula is C18H24N4O4S. The van der Waals surface area contributed by atoms with Gasteiger partial charge in [-0.25, -0.2) is 22.7 Å². The van der Waals surface area contributed by atoms with E-state index in [1.54, 1.807) is 17.5 Å². The van der Waals surface area contributed by atoms with Crippen molar-refractivity contribution >= 4 is 16.0 Å². The Hall–Kier alpha value is -1.97. The van der Waals surface area contributed by atoms with Crippen LogP contribution >= 0.6 is 0 Å². The van der Waals surface area contributed by atoms with E-state index in [4.69, 9.17) is 14.1 Å². The van der Waals surface area contributed by atoms with E-state index in [1.165, 1.54) is 0 Å². The maximum Gasteiger partial charge on any atom is 0.223 e. The number of nitrogens with one attached hydrogen (secondary N) is 1. The number of fused-ring (bicyclic) bond motifs is 2. The summed E-state index contributed by atoms with van der Waals surface area (Å²) in [6, 6.07) is 3.72. The molecule has 1 atom stereocenters. The molecule has 9 heteroatoms. The van der Waals surface area contributed by atoms with Gasteiger partial charge in [-0.1, -0.05) is 0 Å². The Balaban J connectivity index is 1.65. The number of furan rings is 1. The monoisotopic (exact) mass is 392 g/mol. The fourth-order valence-electron chi connectivity index (χ4n) is 3.85. The fraction of sp³-hybridized carbons (Fsp3) is 0.556. The van der Waals surface area contributed by atoms with Crippen LogP contribution < -0.4 is 5.32 Å². The van der Waals surface area contributed by atoms with Gasteiger partial charge in [-0.15, -0.1) is 0 Å². The highest BCUT2D eigenvalue weighted by molar-refractivity contribution is 7.89. The molecule has 1 N–H and O–H groups in total. The summed E-state index contributed by atoms with van der Waals surface area (Å²) in [5.74, 6) is 1.43. The van der Waals surface area contributed by atoms with E-state index in [9.17, 15) is 8.42 Å². The number of ether oxygens (including phenoxy) is 1. The minimum atomic E-state index is -3.23. The van der Waals surface area contributed by atoms with E-state index in [1.807, 2.05) is 19.1 Å². The van der Waals surface area contributed by atoms with Gasteiger partial charge in [0.2, 0.25) is 16.0 Å². The lowest BCUT2D eigenvalue weighted by molar-refractivity contribution is 0.0527. The zero-order valence-electron chi connectivity index (χ0n) is 15.6. The van der Waals surface area contributed by atoms with Gasteiger partial charge in [0.05, 0.1) is 42.9 Å². The van der Waals surface area contributed by atoms with Crippen molar-refractivity contribution in [1.82, 2.24) is 14.3 Å². The van der Waals surface area contributed by atoms with E-state index in [0.29, 0.717) is 45.2 Å². The molecule has 2 aliphatic rings. The lowest BCUT2D eigenvalue weighted by Crippen LogP contribution is -2.42. The van der Waals surface area contributed by atoms with Crippen molar-refractivity contribution < 1.29 is 17.6 Å². The van der Waals surface area contributed by atoms with Crippen LogP contribution in [0, 0.1) is 6.92 Å². The van der Waals surface area contributed by atoms with Gasteiger partial charge < -0.3 is 14.5 Å². The summed E-state index contributed by atoms with van der Waals surface area (Å²) in [6.45, 7) is 5.95. The molecule has 0 aliphatic carbocycles. The molecule has 0 amide bonds. The Kier molecular flexibility index (Phi) is 4.69. The molecule has 27 heavy (non-hydrogen) atoms. The van der Waals surface area contributed by atoms with Crippen molar-refractivity contribution in [2.45, 2.75) is 38.8 Å². The maximum absolute atomic E-state index is 12.3. The summed E-state index contributed by atoms with van der Waals surface area (Å²) in [5, 5.41) is 3.21. The first-order valence-corrected chi connectivity index (χ1v) is 10.7. The first kappa shape index (κ1) is 18.4. The lowest BCUT2D eigenvalue weighted by Gasteiger charge is -2.35. The van der Waals surface area contributed by atoms with Gasteiger partial charge >= 0.3 is 0 Å². The molecule has 4 heterocycles. The smallest absolute Gasteiger partial charge is 0.223 e. The van der Waals surface area contributed by atoms with E-state index < -0.39 is 15.4 Å². The number of aromatic nitrogens is 2. The Morgan fingerprint density at radius 2 is 2.22 bits per heavy atom. The second kappa shape index (κ2) is 6.88. The van der Waals surface area contributed by atoms with Crippen LogP contribution in [-0.2, 0) is 33.3 Å². The third-order valence-corrected chi connectivity index (χ3v) is 7.25. The molecule has 1 saturated heterocycles. The predicted octanol–water partition coefficient (Wildman–Crippen LogP) is 1.81. The van der Waals surface area contributed by atoms with Gasteiger partial charge in [0, 0.05) is 24.3 Å². The zero-order valence-corrected chi connectivity index (χ0v) is 16.4. The fourth-order valence-corrected chi connectivity index (χ4v) is 5.03. The molecule has 4 rings (SSSR count). The van der Waals surface area contributed by atoms with Crippen LogP contribution in [0.4, 0.5) is 5.95 Å². The molecule has 0 unspecified atom stereocenters. The maximum atomic E-state index is 12.3. The van der Waals surface area contributed by atoms with Gasteiger partial charge in [-0.05, 0) is 32.4 Å². The second-order valence-electron chi connectivity index (χ2n) is 7.15. The molecule has 1 fully saturated rings. The number of rotatable bonds is 5. The van der Waals surface area contributed by atoms with Crippen LogP contribution in [-0.4, -0.2) is 48.1 Å². The quantitative estimate of drug-likeness (QED) is 0.829. The lowest BCUT2D eigenvalue weighted by atomic mass is 9.80. The summed E-state index contributed by atoms with van der Waals surface area (Å²) >= 11 is 0. The van der Waals surface area contributed by atoms with Crippen molar-refractivity contribution in [1.29, 1.82) is 0 Å². The van der Waals surface area contributed by atoms with E-state index >= 15 is 0 Å². The Morgan fingerprint density at radius 1 is 1.37 bits per heavy atom. The second-order valence-corrected chi connectivity index (χ2v) is 9.41. The predicted molar refractivity (Wildman–Crippen MR) is 99.8 cm³/mol. The SMILES string of the molecule is CCS(=O)(=O)N1CC[C@@]2(COCc3c(C)nc(NCc4ccco4)nc32)C1. The molecule has 2 aromatic heterocycles. The molecule has 0 radical (unpaired) electrons. The number of hydrogen-bond acceptors (Lipinski definition) is 7. The highest BCUT2D eigenvalue weighted by atomic mass is 32.2. The third kappa shape index (κ3) is 3.35. The van der Waals surface area contributed by atoms with Crippen molar-refractivity contribution in [3.63, 3.8) is 0 Å². The first-order valence-electron chi connectivity index (χ1n) is 9.13. The summed E-state index contributed by atoms with van der Waals surface area (Å²) in [5.41, 5.74) is 2.33. The minimum absolute atomic E-state index is 0.107. The van der Waals surface area contributed by atoms with Gasteiger partial charge in [-0.2, -0.15) is 0 Å². The minimum Gasteiger partial charge on any atom is -0.467 e. The van der Waals surface area contributed by atoms with Gasteiger partial charge in [0.25, 0.3) is 0 Å². The molecule has 2 aliphatic heterocycles. The summed E-state index contributed by atoms with van der Waals surface area (Å²) in [4.78, 5) is 9.33. The molecule has 8 nitrogen and oxygen atoms in total. The standard InChI is InChI=1S/C18H24N4O4S/c1-3-27(23,24)22-7-6-18(11-22)12-25-10-15-13(2)20-17(21-16(15)18)19-9-14-5-4-8-26-14/h4-5,8H,3,6-7,9-12H2,1-2H3,(H,19,20,21)/t18-/m0/s1. The first-order chi connectivity index (χ1) is 12.9. The average molecular weight is 392 g/mol. The number of sulfonamides is 1. The number of nitrogens with zero attached hydrogens (tertiary/aromatic N) is 3. The Morgan fingerprint density at radius 3 is 2.96 bits per heavy atom. The normalized spacial score (nSPS) is 22.9. The van der Waals surface area contributed by atoms with Crippen molar-refractivity contribution in [3.8, 4) is 0 Å². The highest BCUT2D eigenvalue weighted by Crippen LogP contribution is 2.41. The van der Waals surface area contributed by atoms with Crippen molar-refractivity contribution in [3.05, 3.63) is 41.1 Å². The summed E-state index contributed by atoms with van der Waals surface area (Å²) in [6.07, 6.45) is 2.33. The Bertz CT molecular complexity index is 929. The molecule has 2 aromatic rings. The van der Waals surface area contributed by atoms with Crippen LogP contribution in [0.15, 0.2) is 22.8 Å². The molecule has 0 aromatic carbocycles. The zero-order chi connectivity index (χ0) is 19.1. The molecular weight excluding hydrogens is 368 g/mol. The van der Waals surface area contributed by atoms with Crippen LogP contribution in [0.3, 0.4) is 0 Å². The number of hydrogen-bond donors (Lipinski definition) is 1. The van der Waals surface area contributed by atoms with E-state index in [-0.39, 0.29) is 5.75 Å². The summed E-state index contributed by atoms with van der Waals surface area (Å²) < 4.78 is 37.4. The molecule has 1 spiro atoms. The number of anilines is 1. The molecule has 0 bridgehead atoms. The van der Waals surface area contributed by atoms with Crippen molar-refractivity contribution in [2.75, 3.05) is 30.8 Å². The summed E-state index contributed by atoms with van der Waals surface area (Å²) in [7, 11) is -3.23. The van der Waals surface area contributed by atoms with E-state index in [2.05, 4.69) is 10.3 Å². The van der Waals surface area contributed by atoms with Crippen LogP contribution in [0.25, 0.3) is 0 Å². The third-order valence-electron chi connectivity index (χ3n) is 5.42. The highest BCUT2D eigenvalue weighted by Gasteiger charge is 2.48.